The van der Waals surface area contributed by atoms with Gasteiger partial charge in [-0.2, -0.15) is 0 Å². The summed E-state index contributed by atoms with van der Waals surface area (Å²) in [6, 6.07) is 12.7. The Morgan fingerprint density at radius 3 is 2.44 bits per heavy atom. The van der Waals surface area contributed by atoms with Gasteiger partial charge >= 0.3 is 0 Å². The summed E-state index contributed by atoms with van der Waals surface area (Å²) < 4.78 is 0. The smallest absolute Gasteiger partial charge is 0.262 e. The van der Waals surface area contributed by atoms with Crippen LogP contribution >= 0.6 is 0 Å². The van der Waals surface area contributed by atoms with Gasteiger partial charge in [0.25, 0.3) is 11.8 Å². The van der Waals surface area contributed by atoms with Crippen molar-refractivity contribution >= 4 is 46.7 Å². The predicted octanol–water partition coefficient (Wildman–Crippen LogP) is 0.963. The highest BCUT2D eigenvalue weighted by Gasteiger charge is 2.44. The molecule has 6 rings (SSSR count). The molecule has 0 saturated carbocycles. The number of piperidine rings is 1. The van der Waals surface area contributed by atoms with Crippen LogP contribution < -0.4 is 26.6 Å². The van der Waals surface area contributed by atoms with Crippen molar-refractivity contribution in [1.82, 2.24) is 30.6 Å². The van der Waals surface area contributed by atoms with Gasteiger partial charge in [0, 0.05) is 56.9 Å². The van der Waals surface area contributed by atoms with E-state index in [0.29, 0.717) is 62.0 Å². The molecule has 1 aromatic heterocycles. The summed E-state index contributed by atoms with van der Waals surface area (Å²) in [5, 5.41) is 26.9. The Labute approximate surface area is 276 Å². The van der Waals surface area contributed by atoms with E-state index in [1.54, 1.807) is 36.4 Å². The lowest BCUT2D eigenvalue weighted by molar-refractivity contribution is -0.136. The van der Waals surface area contributed by atoms with Crippen LogP contribution in [0.3, 0.4) is 0 Å². The van der Waals surface area contributed by atoms with Gasteiger partial charge in [-0.25, -0.2) is 0 Å². The van der Waals surface area contributed by atoms with E-state index < -0.39 is 29.7 Å². The van der Waals surface area contributed by atoms with Crippen molar-refractivity contribution in [3.8, 4) is 17.0 Å². The number of benzene rings is 2. The maximum absolute atomic E-state index is 13.0. The number of anilines is 3. The topological polar surface area (TPSA) is 203 Å². The average molecular weight is 656 g/mol. The first kappa shape index (κ1) is 32.4. The number of hydrogen-bond donors (Lipinski definition) is 5. The predicted molar refractivity (Wildman–Crippen MR) is 176 cm³/mol. The molecule has 2 aromatic carbocycles. The van der Waals surface area contributed by atoms with E-state index in [4.69, 9.17) is 5.73 Å². The zero-order valence-electron chi connectivity index (χ0n) is 26.3. The molecule has 1 unspecified atom stereocenters. The molecule has 2 saturated heterocycles. The summed E-state index contributed by atoms with van der Waals surface area (Å²) in [5.74, 6) is -1.76. The molecule has 15 nitrogen and oxygen atoms in total. The Morgan fingerprint density at radius 2 is 1.67 bits per heavy atom. The van der Waals surface area contributed by atoms with Crippen LogP contribution in [0.5, 0.6) is 5.75 Å². The third kappa shape index (κ3) is 6.90. The molecule has 0 spiro atoms. The van der Waals surface area contributed by atoms with Gasteiger partial charge < -0.3 is 26.4 Å². The van der Waals surface area contributed by atoms with Crippen LogP contribution in [-0.4, -0.2) is 106 Å². The first-order chi connectivity index (χ1) is 23.2. The Balaban J connectivity index is 0.899. The van der Waals surface area contributed by atoms with Crippen molar-refractivity contribution in [3.63, 3.8) is 0 Å². The Kier molecular flexibility index (Phi) is 9.48. The minimum atomic E-state index is -0.999. The summed E-state index contributed by atoms with van der Waals surface area (Å²) in [5.41, 5.74) is 9.12. The molecule has 0 bridgehead atoms. The number of carbonyl (C=O) groups is 5. The lowest BCUT2D eigenvalue weighted by Gasteiger charge is -2.36. The van der Waals surface area contributed by atoms with E-state index >= 15 is 0 Å². The molecule has 3 aliphatic rings. The molecule has 6 N–H and O–H groups in total. The first-order valence-electron chi connectivity index (χ1n) is 15.9. The number of phenols is 1. The Morgan fingerprint density at radius 1 is 0.917 bits per heavy atom. The second kappa shape index (κ2) is 14.0. The number of fused-ring (bicyclic) bond motifs is 1. The van der Waals surface area contributed by atoms with Gasteiger partial charge in [-0.3, -0.25) is 39.1 Å². The SMILES string of the molecule is Nc1nnc(-c2ccccc2O)cc1N1CCN(CC(=O)NCCCCNc2ccc3c(c2)C(=O)N(C2CCC(=O)NC2=O)C3=O)CC1. The van der Waals surface area contributed by atoms with Crippen molar-refractivity contribution in [2.24, 2.45) is 0 Å². The normalized spacial score (nSPS) is 18.1. The molecule has 250 valence electrons. The maximum Gasteiger partial charge on any atom is 0.262 e. The Hall–Kier alpha value is -5.57. The second-order valence-corrected chi connectivity index (χ2v) is 12.0. The molecular weight excluding hydrogens is 618 g/mol. The number of nitrogens with zero attached hydrogens (tertiary/aromatic N) is 5. The van der Waals surface area contributed by atoms with E-state index in [0.717, 1.165) is 23.4 Å². The van der Waals surface area contributed by atoms with Crippen LogP contribution in [-0.2, 0) is 14.4 Å². The van der Waals surface area contributed by atoms with E-state index in [2.05, 4.69) is 35.9 Å². The van der Waals surface area contributed by atoms with Crippen molar-refractivity contribution in [3.05, 3.63) is 59.7 Å². The van der Waals surface area contributed by atoms with Gasteiger partial charge in [0.05, 0.1) is 29.1 Å². The van der Waals surface area contributed by atoms with Crippen LogP contribution in [0.2, 0.25) is 0 Å². The molecule has 2 fully saturated rings. The summed E-state index contributed by atoms with van der Waals surface area (Å²) in [7, 11) is 0. The highest BCUT2D eigenvalue weighted by atomic mass is 16.3. The largest absolute Gasteiger partial charge is 0.507 e. The van der Waals surface area contributed by atoms with Crippen molar-refractivity contribution in [2.75, 3.05) is 61.8 Å². The van der Waals surface area contributed by atoms with Gasteiger partial charge in [0.1, 0.15) is 11.8 Å². The minimum absolute atomic E-state index is 0.0503. The molecular formula is C33H37N9O6. The van der Waals surface area contributed by atoms with Crippen molar-refractivity contribution in [1.29, 1.82) is 0 Å². The standard InChI is InChI=1S/C33H37N9O6/c34-30-26(18-24(38-39-30)22-5-1-2-6-27(22)43)41-15-13-40(14-16-41)19-29(45)36-12-4-3-11-35-20-7-8-21-23(17-20)33(48)42(32(21)47)25-9-10-28(44)37-31(25)46/h1-2,5-8,17-18,25,35,43H,3-4,9-16,19H2,(H2,34,39)(H,36,45)(H,37,44,46). The molecule has 0 radical (unpaired) electrons. The quantitative estimate of drug-likeness (QED) is 0.145. The highest BCUT2D eigenvalue weighted by molar-refractivity contribution is 6.23. The number of nitrogens with two attached hydrogens (primary N) is 1. The summed E-state index contributed by atoms with van der Waals surface area (Å²) in [6.07, 6.45) is 1.68. The number of aromatic hydroxyl groups is 1. The molecule has 1 atom stereocenters. The van der Waals surface area contributed by atoms with Crippen LogP contribution in [0, 0.1) is 0 Å². The number of nitrogens with one attached hydrogen (secondary N) is 3. The van der Waals surface area contributed by atoms with Crippen LogP contribution in [0.4, 0.5) is 17.2 Å². The molecule has 3 aromatic rings. The summed E-state index contributed by atoms with van der Waals surface area (Å²) >= 11 is 0. The number of imide groups is 2. The molecule has 15 heteroatoms. The number of hydrogen-bond acceptors (Lipinski definition) is 12. The number of para-hydroxylation sites is 1. The summed E-state index contributed by atoms with van der Waals surface area (Å²) in [6.45, 7) is 4.06. The fraction of sp³-hybridized carbons (Fsp3) is 0.364. The van der Waals surface area contributed by atoms with Crippen molar-refractivity contribution in [2.45, 2.75) is 31.7 Å². The van der Waals surface area contributed by atoms with E-state index in [1.165, 1.54) is 0 Å². The highest BCUT2D eigenvalue weighted by Crippen LogP contribution is 2.32. The molecule has 3 aliphatic heterocycles. The number of unbranched alkanes of at least 4 members (excludes halogenated alkanes) is 1. The van der Waals surface area contributed by atoms with E-state index in [9.17, 15) is 29.1 Å². The van der Waals surface area contributed by atoms with Crippen LogP contribution in [0.1, 0.15) is 46.4 Å². The minimum Gasteiger partial charge on any atom is -0.507 e. The fourth-order valence-electron chi connectivity index (χ4n) is 6.16. The number of piperazine rings is 1. The van der Waals surface area contributed by atoms with Gasteiger partial charge in [0.15, 0.2) is 5.82 Å². The third-order valence-electron chi connectivity index (χ3n) is 8.76. The molecule has 4 heterocycles. The zero-order chi connectivity index (χ0) is 33.8. The van der Waals surface area contributed by atoms with Crippen LogP contribution in [0.15, 0.2) is 48.5 Å². The van der Waals surface area contributed by atoms with Gasteiger partial charge in [-0.1, -0.05) is 12.1 Å². The average Bonchev–Trinajstić information content (AvgIpc) is 3.32. The lowest BCUT2D eigenvalue weighted by atomic mass is 10.0. The summed E-state index contributed by atoms with van der Waals surface area (Å²) in [4.78, 5) is 67.4. The van der Waals surface area contributed by atoms with E-state index in [1.807, 2.05) is 12.1 Å². The zero-order valence-corrected chi connectivity index (χ0v) is 26.3. The number of phenolic OH excluding ortho intramolecular Hbond substituents is 1. The van der Waals surface area contributed by atoms with Gasteiger partial charge in [0.2, 0.25) is 17.7 Å². The monoisotopic (exact) mass is 655 g/mol. The van der Waals surface area contributed by atoms with Crippen LogP contribution in [0.25, 0.3) is 11.3 Å². The number of carbonyl (C=O) groups excluding carboxylic acids is 5. The number of rotatable bonds is 11. The van der Waals surface area contributed by atoms with Gasteiger partial charge in [-0.15, -0.1) is 10.2 Å². The third-order valence-corrected chi connectivity index (χ3v) is 8.76. The van der Waals surface area contributed by atoms with Crippen molar-refractivity contribution < 1.29 is 29.1 Å². The maximum atomic E-state index is 13.0. The molecule has 5 amide bonds. The number of amides is 5. The molecule has 0 aliphatic carbocycles. The molecule has 48 heavy (non-hydrogen) atoms. The first-order valence-corrected chi connectivity index (χ1v) is 15.9. The second-order valence-electron chi connectivity index (χ2n) is 12.0. The van der Waals surface area contributed by atoms with E-state index in [-0.39, 0.29) is 42.2 Å². The fourth-order valence-corrected chi connectivity index (χ4v) is 6.16. The van der Waals surface area contributed by atoms with Gasteiger partial charge in [-0.05, 0) is 55.7 Å². The number of nitrogen functional groups attached to an aromatic ring is 1. The Bertz CT molecular complexity index is 1760. The number of aromatic nitrogens is 2. The lowest BCUT2D eigenvalue weighted by Crippen LogP contribution is -2.54.